The number of fused-ring (bicyclic) bond motifs is 1. The number of hydrogen-bond donors (Lipinski definition) is 4. The zero-order valence-corrected chi connectivity index (χ0v) is 16.7. The zero-order valence-electron chi connectivity index (χ0n) is 16.7. The summed E-state index contributed by atoms with van der Waals surface area (Å²) >= 11 is 0. The Bertz CT molecular complexity index is 744. The number of rotatable bonds is 7. The first-order valence-corrected chi connectivity index (χ1v) is 10.3. The highest BCUT2D eigenvalue weighted by molar-refractivity contribution is 5.75. The topological polar surface area (TPSA) is 86.2 Å². The Morgan fingerprint density at radius 3 is 2.57 bits per heavy atom. The van der Waals surface area contributed by atoms with Gasteiger partial charge in [0.15, 0.2) is 0 Å². The van der Waals surface area contributed by atoms with Crippen molar-refractivity contribution in [3.05, 3.63) is 18.2 Å². The predicted octanol–water partition coefficient (Wildman–Crippen LogP) is 2.36. The highest BCUT2D eigenvalue weighted by Crippen LogP contribution is 2.38. The quantitative estimate of drug-likeness (QED) is 0.527. The second-order valence-electron chi connectivity index (χ2n) is 8.53. The van der Waals surface area contributed by atoms with Gasteiger partial charge in [0, 0.05) is 18.7 Å². The van der Waals surface area contributed by atoms with Crippen molar-refractivity contribution in [2.45, 2.75) is 62.6 Å². The van der Waals surface area contributed by atoms with Gasteiger partial charge in [-0.25, -0.2) is 0 Å². The Morgan fingerprint density at radius 2 is 1.90 bits per heavy atom. The highest BCUT2D eigenvalue weighted by atomic mass is 19.4. The summed E-state index contributed by atoms with van der Waals surface area (Å²) in [6.45, 7) is 0.777. The summed E-state index contributed by atoms with van der Waals surface area (Å²) in [5.74, 6) is 0.360. The summed E-state index contributed by atoms with van der Waals surface area (Å²) in [6, 6.07) is 4.70. The molecule has 7 nitrogen and oxygen atoms in total. The van der Waals surface area contributed by atoms with Crippen LogP contribution >= 0.6 is 0 Å². The normalized spacial score (nSPS) is 33.0. The van der Waals surface area contributed by atoms with Gasteiger partial charge in [0.1, 0.15) is 18.0 Å². The van der Waals surface area contributed by atoms with Crippen LogP contribution in [0.3, 0.4) is 0 Å². The van der Waals surface area contributed by atoms with Crippen molar-refractivity contribution in [1.82, 2.24) is 4.90 Å². The van der Waals surface area contributed by atoms with Crippen molar-refractivity contribution in [2.24, 2.45) is 5.92 Å². The number of nitrogens with zero attached hydrogens (tertiary/aromatic N) is 1. The third-order valence-corrected chi connectivity index (χ3v) is 6.31. The summed E-state index contributed by atoms with van der Waals surface area (Å²) in [4.78, 5) is 2.19. The molecule has 1 aromatic carbocycles. The Labute approximate surface area is 173 Å². The van der Waals surface area contributed by atoms with Gasteiger partial charge in [-0.2, -0.15) is 0 Å². The maximum atomic E-state index is 12.4. The van der Waals surface area contributed by atoms with Gasteiger partial charge in [-0.3, -0.25) is 0 Å². The number of likely N-dealkylation sites (N-methyl/N-ethyl adjacent to an activating group) is 1. The van der Waals surface area contributed by atoms with Gasteiger partial charge < -0.3 is 35.2 Å². The second kappa shape index (κ2) is 8.41. The van der Waals surface area contributed by atoms with E-state index in [1.807, 2.05) is 7.05 Å². The Morgan fingerprint density at radius 1 is 1.17 bits per heavy atom. The molecule has 0 aromatic heterocycles. The van der Waals surface area contributed by atoms with Gasteiger partial charge in [-0.05, 0) is 50.8 Å². The van der Waals surface area contributed by atoms with Crippen LogP contribution in [-0.4, -0.2) is 72.2 Å². The molecule has 0 bridgehead atoms. The SMILES string of the molecule is CN(CC1OCC(O)C1O)C1CC(CCC2Nc3ccc(OC(F)(F)F)cc3N2)C1. The van der Waals surface area contributed by atoms with Crippen molar-refractivity contribution >= 4 is 11.4 Å². The van der Waals surface area contributed by atoms with Crippen LogP contribution in [0.25, 0.3) is 0 Å². The van der Waals surface area contributed by atoms with E-state index in [4.69, 9.17) is 4.74 Å². The van der Waals surface area contributed by atoms with Gasteiger partial charge >= 0.3 is 6.36 Å². The first-order valence-electron chi connectivity index (χ1n) is 10.3. The Hall–Kier alpha value is -1.75. The van der Waals surface area contributed by atoms with Crippen LogP contribution in [0.15, 0.2) is 18.2 Å². The average molecular weight is 431 g/mol. The molecule has 4 rings (SSSR count). The third kappa shape index (κ3) is 4.93. The Kier molecular flexibility index (Phi) is 6.02. The molecule has 2 heterocycles. The van der Waals surface area contributed by atoms with Crippen LogP contribution in [0, 0.1) is 5.92 Å². The summed E-state index contributed by atoms with van der Waals surface area (Å²) < 4.78 is 46.5. The number of benzene rings is 1. The molecule has 1 aliphatic carbocycles. The third-order valence-electron chi connectivity index (χ3n) is 6.31. The first kappa shape index (κ1) is 21.5. The standard InChI is InChI=1S/C20H28F3N3O4/c1-26(9-17-19(28)16(27)10-29-17)12-6-11(7-12)2-5-18-24-14-4-3-13(8-15(14)25-18)30-20(21,22)23/h3-4,8,11-12,16-19,24-25,27-28H,2,5-7,9-10H2,1H3. The monoisotopic (exact) mass is 431 g/mol. The van der Waals surface area contributed by atoms with E-state index in [9.17, 15) is 23.4 Å². The molecule has 0 amide bonds. The van der Waals surface area contributed by atoms with Crippen LogP contribution in [0.2, 0.25) is 0 Å². The summed E-state index contributed by atoms with van der Waals surface area (Å²) in [6.07, 6.45) is -2.69. The zero-order chi connectivity index (χ0) is 21.5. The summed E-state index contributed by atoms with van der Waals surface area (Å²) in [7, 11) is 2.01. The minimum atomic E-state index is -4.70. The van der Waals surface area contributed by atoms with Crippen molar-refractivity contribution in [3.63, 3.8) is 0 Å². The van der Waals surface area contributed by atoms with Crippen molar-refractivity contribution in [2.75, 3.05) is 30.8 Å². The molecule has 2 aliphatic heterocycles. The smallest absolute Gasteiger partial charge is 0.406 e. The number of ether oxygens (including phenoxy) is 2. The number of anilines is 2. The van der Waals surface area contributed by atoms with Crippen LogP contribution in [0.4, 0.5) is 24.5 Å². The maximum absolute atomic E-state index is 12.4. The molecule has 3 aliphatic rings. The van der Waals surface area contributed by atoms with Crippen molar-refractivity contribution in [1.29, 1.82) is 0 Å². The first-order chi connectivity index (χ1) is 14.2. The van der Waals surface area contributed by atoms with Crippen molar-refractivity contribution in [3.8, 4) is 5.75 Å². The lowest BCUT2D eigenvalue weighted by Gasteiger charge is -2.42. The molecule has 0 radical (unpaired) electrons. The largest absolute Gasteiger partial charge is 0.573 e. The van der Waals surface area contributed by atoms with E-state index >= 15 is 0 Å². The molecular formula is C20H28F3N3O4. The molecular weight excluding hydrogens is 403 g/mol. The van der Waals surface area contributed by atoms with Gasteiger partial charge in [0.05, 0.1) is 30.3 Å². The van der Waals surface area contributed by atoms with Crippen LogP contribution < -0.4 is 15.4 Å². The van der Waals surface area contributed by atoms with E-state index in [1.54, 1.807) is 6.07 Å². The highest BCUT2D eigenvalue weighted by Gasteiger charge is 2.39. The molecule has 4 unspecified atom stereocenters. The fourth-order valence-electron chi connectivity index (χ4n) is 4.48. The fourth-order valence-corrected chi connectivity index (χ4v) is 4.48. The molecule has 1 saturated carbocycles. The number of halogens is 3. The molecule has 30 heavy (non-hydrogen) atoms. The predicted molar refractivity (Wildman–Crippen MR) is 104 cm³/mol. The van der Waals surface area contributed by atoms with E-state index in [1.165, 1.54) is 12.1 Å². The van der Waals surface area contributed by atoms with Gasteiger partial charge in [-0.15, -0.1) is 13.2 Å². The van der Waals surface area contributed by atoms with Crippen LogP contribution in [-0.2, 0) is 4.74 Å². The lowest BCUT2D eigenvalue weighted by Crippen LogP contribution is -2.48. The molecule has 2 fully saturated rings. The van der Waals surface area contributed by atoms with E-state index in [0.717, 1.165) is 31.4 Å². The number of aliphatic hydroxyl groups excluding tert-OH is 2. The summed E-state index contributed by atoms with van der Waals surface area (Å²) in [5, 5.41) is 26.0. The minimum Gasteiger partial charge on any atom is -0.406 e. The van der Waals surface area contributed by atoms with E-state index < -0.39 is 18.6 Å². The lowest BCUT2D eigenvalue weighted by atomic mass is 9.76. The van der Waals surface area contributed by atoms with Crippen LogP contribution in [0.1, 0.15) is 25.7 Å². The lowest BCUT2D eigenvalue weighted by molar-refractivity contribution is -0.274. The maximum Gasteiger partial charge on any atom is 0.573 e. The average Bonchev–Trinajstić information content (AvgIpc) is 3.16. The van der Waals surface area contributed by atoms with Gasteiger partial charge in [0.25, 0.3) is 0 Å². The number of hydrogen-bond acceptors (Lipinski definition) is 7. The Balaban J connectivity index is 1.17. The molecule has 168 valence electrons. The second-order valence-corrected chi connectivity index (χ2v) is 8.53. The van der Waals surface area contributed by atoms with E-state index in [2.05, 4.69) is 20.3 Å². The van der Waals surface area contributed by atoms with E-state index in [0.29, 0.717) is 24.2 Å². The molecule has 1 aromatic rings. The minimum absolute atomic E-state index is 0.0126. The molecule has 1 saturated heterocycles. The molecule has 4 atom stereocenters. The molecule has 4 N–H and O–H groups in total. The molecule has 10 heteroatoms. The van der Waals surface area contributed by atoms with Gasteiger partial charge in [-0.1, -0.05) is 0 Å². The van der Waals surface area contributed by atoms with Gasteiger partial charge in [0.2, 0.25) is 0 Å². The fraction of sp³-hybridized carbons (Fsp3) is 0.700. The van der Waals surface area contributed by atoms with E-state index in [-0.39, 0.29) is 24.6 Å². The van der Waals surface area contributed by atoms with Crippen LogP contribution in [0.5, 0.6) is 5.75 Å². The number of nitrogens with one attached hydrogen (secondary N) is 2. The number of alkyl halides is 3. The number of aliphatic hydroxyl groups is 2. The summed E-state index contributed by atoms with van der Waals surface area (Å²) in [5.41, 5.74) is 1.39. The van der Waals surface area contributed by atoms with Crippen molar-refractivity contribution < 1.29 is 32.9 Å². The molecule has 0 spiro atoms.